The van der Waals surface area contributed by atoms with E-state index in [1.165, 1.54) is 25.3 Å². The van der Waals surface area contributed by atoms with Crippen molar-refractivity contribution >= 4 is 17.9 Å². The number of benzene rings is 2. The molecule has 0 fully saturated rings. The van der Waals surface area contributed by atoms with Crippen molar-refractivity contribution in [1.29, 1.82) is 0 Å². The molecule has 5 heteroatoms. The number of carbonyl (C=O) groups is 1. The second kappa shape index (κ2) is 6.59. The van der Waals surface area contributed by atoms with Gasteiger partial charge in [0, 0.05) is 11.1 Å². The first-order valence-corrected chi connectivity index (χ1v) is 6.75. The number of halogens is 2. The number of hydrogen-bond acceptors (Lipinski definition) is 3. The Bertz CT molecular complexity index is 671. The van der Waals surface area contributed by atoms with E-state index in [4.69, 9.17) is 21.1 Å². The normalized spacial score (nSPS) is 10.3. The highest BCUT2D eigenvalue weighted by Crippen LogP contribution is 2.35. The van der Waals surface area contributed by atoms with Crippen molar-refractivity contribution in [3.63, 3.8) is 0 Å². The van der Waals surface area contributed by atoms with Crippen LogP contribution < -0.4 is 9.47 Å². The zero-order chi connectivity index (χ0) is 15.4. The third kappa shape index (κ3) is 3.34. The van der Waals surface area contributed by atoms with E-state index in [0.29, 0.717) is 34.8 Å². The SMILES string of the molecule is CCc1cc(Oc2ccc(F)cc2OC)c(C=O)cc1Cl. The van der Waals surface area contributed by atoms with E-state index in [-0.39, 0.29) is 5.75 Å². The maximum absolute atomic E-state index is 13.2. The van der Waals surface area contributed by atoms with Gasteiger partial charge in [-0.05, 0) is 36.2 Å². The summed E-state index contributed by atoms with van der Waals surface area (Å²) in [4.78, 5) is 11.1. The van der Waals surface area contributed by atoms with Gasteiger partial charge in [-0.15, -0.1) is 0 Å². The zero-order valence-electron chi connectivity index (χ0n) is 11.7. The van der Waals surface area contributed by atoms with Crippen molar-refractivity contribution in [3.8, 4) is 17.2 Å². The van der Waals surface area contributed by atoms with E-state index in [2.05, 4.69) is 0 Å². The second-order valence-electron chi connectivity index (χ2n) is 4.35. The van der Waals surface area contributed by atoms with Crippen molar-refractivity contribution in [2.24, 2.45) is 0 Å². The summed E-state index contributed by atoms with van der Waals surface area (Å²) in [5.41, 5.74) is 1.18. The first kappa shape index (κ1) is 15.3. The van der Waals surface area contributed by atoms with Crippen molar-refractivity contribution in [3.05, 3.63) is 52.3 Å². The molecule has 0 atom stereocenters. The molecule has 0 heterocycles. The third-order valence-electron chi connectivity index (χ3n) is 3.03. The average molecular weight is 309 g/mol. The van der Waals surface area contributed by atoms with Crippen molar-refractivity contribution in [2.75, 3.05) is 7.11 Å². The fraction of sp³-hybridized carbons (Fsp3) is 0.188. The van der Waals surface area contributed by atoms with Gasteiger partial charge in [-0.3, -0.25) is 4.79 Å². The highest BCUT2D eigenvalue weighted by molar-refractivity contribution is 6.31. The molecule has 2 aromatic rings. The Morgan fingerprint density at radius 1 is 1.19 bits per heavy atom. The Kier molecular flexibility index (Phi) is 4.81. The van der Waals surface area contributed by atoms with Gasteiger partial charge in [0.15, 0.2) is 17.8 Å². The molecule has 0 amide bonds. The van der Waals surface area contributed by atoms with Crippen LogP contribution in [0.4, 0.5) is 4.39 Å². The molecule has 0 saturated carbocycles. The number of aldehydes is 1. The summed E-state index contributed by atoms with van der Waals surface area (Å²) in [5, 5.41) is 0.512. The molecule has 21 heavy (non-hydrogen) atoms. The van der Waals surface area contributed by atoms with Gasteiger partial charge >= 0.3 is 0 Å². The lowest BCUT2D eigenvalue weighted by molar-refractivity contribution is 0.112. The number of carbonyl (C=O) groups excluding carboxylic acids is 1. The number of methoxy groups -OCH3 is 1. The zero-order valence-corrected chi connectivity index (χ0v) is 12.4. The molecule has 0 saturated heterocycles. The molecule has 110 valence electrons. The van der Waals surface area contributed by atoms with Gasteiger partial charge in [0.1, 0.15) is 11.6 Å². The van der Waals surface area contributed by atoms with Gasteiger partial charge < -0.3 is 9.47 Å². The molecule has 0 radical (unpaired) electrons. The monoisotopic (exact) mass is 308 g/mol. The lowest BCUT2D eigenvalue weighted by atomic mass is 10.1. The highest BCUT2D eigenvalue weighted by Gasteiger charge is 2.12. The number of hydrogen-bond donors (Lipinski definition) is 0. The predicted molar refractivity (Wildman–Crippen MR) is 79.2 cm³/mol. The van der Waals surface area contributed by atoms with E-state index < -0.39 is 5.82 Å². The molecule has 0 aromatic heterocycles. The maximum Gasteiger partial charge on any atom is 0.169 e. The van der Waals surface area contributed by atoms with Gasteiger partial charge in [-0.2, -0.15) is 0 Å². The Balaban J connectivity index is 2.45. The van der Waals surface area contributed by atoms with Gasteiger partial charge in [-0.1, -0.05) is 18.5 Å². The van der Waals surface area contributed by atoms with Crippen LogP contribution in [-0.2, 0) is 6.42 Å². The summed E-state index contributed by atoms with van der Waals surface area (Å²) >= 11 is 6.07. The quantitative estimate of drug-likeness (QED) is 0.754. The Morgan fingerprint density at radius 3 is 2.57 bits per heavy atom. The van der Waals surface area contributed by atoms with E-state index in [1.807, 2.05) is 6.92 Å². The summed E-state index contributed by atoms with van der Waals surface area (Å²) < 4.78 is 23.9. The molecule has 2 rings (SSSR count). The molecule has 0 aliphatic heterocycles. The minimum Gasteiger partial charge on any atom is -0.493 e. The lowest BCUT2D eigenvalue weighted by Gasteiger charge is -2.13. The highest BCUT2D eigenvalue weighted by atomic mass is 35.5. The van der Waals surface area contributed by atoms with Gasteiger partial charge in [0.05, 0.1) is 12.7 Å². The van der Waals surface area contributed by atoms with Crippen LogP contribution in [0.1, 0.15) is 22.8 Å². The van der Waals surface area contributed by atoms with E-state index in [1.54, 1.807) is 12.1 Å². The molecule has 0 aliphatic carbocycles. The summed E-state index contributed by atoms with van der Waals surface area (Å²) in [5.74, 6) is 0.502. The van der Waals surface area contributed by atoms with Crippen molar-refractivity contribution in [1.82, 2.24) is 0 Å². The summed E-state index contributed by atoms with van der Waals surface area (Å²) in [6.45, 7) is 1.95. The third-order valence-corrected chi connectivity index (χ3v) is 3.38. The van der Waals surface area contributed by atoms with Gasteiger partial charge in [0.2, 0.25) is 0 Å². The molecule has 3 nitrogen and oxygen atoms in total. The van der Waals surface area contributed by atoms with Crippen LogP contribution in [0, 0.1) is 5.82 Å². The minimum atomic E-state index is -0.430. The topological polar surface area (TPSA) is 35.5 Å². The molecule has 0 spiro atoms. The maximum atomic E-state index is 13.2. The Morgan fingerprint density at radius 2 is 1.95 bits per heavy atom. The van der Waals surface area contributed by atoms with Gasteiger partial charge in [-0.25, -0.2) is 4.39 Å². The summed E-state index contributed by atoms with van der Waals surface area (Å²) in [6.07, 6.45) is 1.37. The Labute approximate surface area is 127 Å². The molecule has 0 bridgehead atoms. The average Bonchev–Trinajstić information content (AvgIpc) is 2.50. The van der Waals surface area contributed by atoms with Crippen LogP contribution in [0.15, 0.2) is 30.3 Å². The van der Waals surface area contributed by atoms with Crippen LogP contribution in [0.3, 0.4) is 0 Å². The van der Waals surface area contributed by atoms with E-state index in [9.17, 15) is 9.18 Å². The first-order valence-electron chi connectivity index (χ1n) is 6.38. The standard InChI is InChI=1S/C16H14ClFO3/c1-3-10-7-15(11(9-19)6-13(10)17)21-14-5-4-12(18)8-16(14)20-2/h4-9H,3H2,1-2H3. The van der Waals surface area contributed by atoms with Crippen LogP contribution >= 0.6 is 11.6 Å². The molecular weight excluding hydrogens is 295 g/mol. The van der Waals surface area contributed by atoms with E-state index in [0.717, 1.165) is 5.56 Å². The largest absolute Gasteiger partial charge is 0.493 e. The first-order chi connectivity index (χ1) is 10.1. The van der Waals surface area contributed by atoms with Gasteiger partial charge in [0.25, 0.3) is 0 Å². The molecule has 0 aliphatic rings. The van der Waals surface area contributed by atoms with Crippen LogP contribution in [-0.4, -0.2) is 13.4 Å². The fourth-order valence-corrected chi connectivity index (χ4v) is 2.21. The number of ether oxygens (including phenoxy) is 2. The van der Waals surface area contributed by atoms with Crippen LogP contribution in [0.5, 0.6) is 17.2 Å². The molecule has 2 aromatic carbocycles. The lowest BCUT2D eigenvalue weighted by Crippen LogP contribution is -1.96. The molecule has 0 N–H and O–H groups in total. The van der Waals surface area contributed by atoms with E-state index >= 15 is 0 Å². The minimum absolute atomic E-state index is 0.250. The summed E-state index contributed by atoms with van der Waals surface area (Å²) in [7, 11) is 1.42. The Hall–Kier alpha value is -2.07. The number of aryl methyl sites for hydroxylation is 1. The van der Waals surface area contributed by atoms with Crippen molar-refractivity contribution < 1.29 is 18.7 Å². The smallest absolute Gasteiger partial charge is 0.169 e. The molecular formula is C16H14ClFO3. The number of rotatable bonds is 5. The second-order valence-corrected chi connectivity index (χ2v) is 4.76. The fourth-order valence-electron chi connectivity index (χ4n) is 1.91. The van der Waals surface area contributed by atoms with Crippen LogP contribution in [0.25, 0.3) is 0 Å². The molecule has 0 unspecified atom stereocenters. The van der Waals surface area contributed by atoms with Crippen LogP contribution in [0.2, 0.25) is 5.02 Å². The summed E-state index contributed by atoms with van der Waals surface area (Å²) in [6, 6.07) is 7.18. The predicted octanol–water partition coefficient (Wildman–Crippen LogP) is 4.65. The van der Waals surface area contributed by atoms with Crippen molar-refractivity contribution in [2.45, 2.75) is 13.3 Å².